The minimum Gasteiger partial charge on any atom is -0.453 e. The molecule has 11 nitrogen and oxygen atoms in total. The Hall–Kier alpha value is -3.80. The maximum absolute atomic E-state index is 13.4. The number of carbonyl (C=O) groups excluding carboxylic acids is 2. The largest absolute Gasteiger partial charge is 0.453 e. The molecule has 3 heterocycles. The molecule has 2 aliphatic rings. The van der Waals surface area contributed by atoms with Crippen molar-refractivity contribution in [3.8, 4) is 5.88 Å². The van der Waals surface area contributed by atoms with E-state index in [0.717, 1.165) is 5.69 Å². The highest BCUT2D eigenvalue weighted by Crippen LogP contribution is 2.39. The van der Waals surface area contributed by atoms with Crippen LogP contribution in [0.2, 0.25) is 10.0 Å². The van der Waals surface area contributed by atoms with Crippen LogP contribution in [-0.2, 0) is 11.3 Å². The number of para-hydroxylation sites is 1. The summed E-state index contributed by atoms with van der Waals surface area (Å²) >= 11 is 12.7. The van der Waals surface area contributed by atoms with Crippen molar-refractivity contribution in [3.63, 3.8) is 0 Å². The van der Waals surface area contributed by atoms with Gasteiger partial charge in [0.05, 0.1) is 22.3 Å². The summed E-state index contributed by atoms with van der Waals surface area (Å²) in [6.07, 6.45) is 0.345. The van der Waals surface area contributed by atoms with Gasteiger partial charge in [0.15, 0.2) is 6.23 Å². The van der Waals surface area contributed by atoms with Crippen LogP contribution < -0.4 is 19.9 Å². The van der Waals surface area contributed by atoms with Crippen molar-refractivity contribution in [2.45, 2.75) is 46.1 Å². The Morgan fingerprint density at radius 3 is 2.48 bits per heavy atom. The number of hydrogen-bond acceptors (Lipinski definition) is 9. The number of piperazine rings is 1. The first-order valence-corrected chi connectivity index (χ1v) is 14.3. The number of nitrogens with one attached hydrogen (secondary N) is 1. The van der Waals surface area contributed by atoms with Crippen LogP contribution in [0.25, 0.3) is 0 Å². The van der Waals surface area contributed by atoms with Gasteiger partial charge in [-0.15, -0.1) is 0 Å². The molecule has 2 aromatic carbocycles. The van der Waals surface area contributed by atoms with Crippen molar-refractivity contribution >= 4 is 58.2 Å². The molecule has 3 aromatic rings. The summed E-state index contributed by atoms with van der Waals surface area (Å²) in [5, 5.41) is 13.9. The van der Waals surface area contributed by atoms with Crippen molar-refractivity contribution < 1.29 is 24.2 Å². The van der Waals surface area contributed by atoms with Gasteiger partial charge in [-0.25, -0.2) is 9.78 Å². The maximum Gasteiger partial charge on any atom is 0.410 e. The van der Waals surface area contributed by atoms with Crippen molar-refractivity contribution in [2.75, 3.05) is 41.3 Å². The van der Waals surface area contributed by atoms with Crippen LogP contribution >= 0.6 is 23.2 Å². The van der Waals surface area contributed by atoms with Gasteiger partial charge in [-0.1, -0.05) is 29.3 Å². The number of aliphatic hydroxyl groups is 1. The number of aliphatic hydroxyl groups excluding tert-OH is 1. The van der Waals surface area contributed by atoms with E-state index >= 15 is 0 Å². The average Bonchev–Trinajstić information content (AvgIpc) is 2.93. The van der Waals surface area contributed by atoms with Gasteiger partial charge in [0, 0.05) is 49.3 Å². The number of amides is 2. The highest BCUT2D eigenvalue weighted by Gasteiger charge is 2.36. The van der Waals surface area contributed by atoms with Crippen molar-refractivity contribution in [1.82, 2.24) is 14.9 Å². The van der Waals surface area contributed by atoms with E-state index in [2.05, 4.69) is 20.2 Å². The first-order valence-electron chi connectivity index (χ1n) is 13.5. The number of halogens is 2. The third-order valence-electron chi connectivity index (χ3n) is 6.81. The third-order valence-corrected chi connectivity index (χ3v) is 7.42. The van der Waals surface area contributed by atoms with Crippen LogP contribution in [0.3, 0.4) is 0 Å². The minimum atomic E-state index is -0.721. The number of nitrogens with zero attached hydrogens (tertiary/aromatic N) is 5. The summed E-state index contributed by atoms with van der Waals surface area (Å²) in [5.41, 5.74) is 2.21. The zero-order chi connectivity index (χ0) is 30.2. The van der Waals surface area contributed by atoms with Crippen LogP contribution in [-0.4, -0.2) is 70.0 Å². The number of ether oxygens (including phenoxy) is 2. The Bertz CT molecular complexity index is 1490. The lowest BCUT2D eigenvalue weighted by Crippen LogP contribution is -2.50. The number of carbonyl (C=O) groups is 2. The lowest BCUT2D eigenvalue weighted by molar-refractivity contribution is 0.0240. The summed E-state index contributed by atoms with van der Waals surface area (Å²) in [6, 6.07) is 10.6. The number of aromatic nitrogens is 2. The predicted octanol–water partition coefficient (Wildman–Crippen LogP) is 5.46. The quantitative estimate of drug-likeness (QED) is 0.386. The molecule has 1 aromatic heterocycles. The predicted molar refractivity (Wildman–Crippen MR) is 161 cm³/mol. The Morgan fingerprint density at radius 1 is 1.14 bits per heavy atom. The molecule has 0 saturated carbocycles. The van der Waals surface area contributed by atoms with E-state index < -0.39 is 11.8 Å². The summed E-state index contributed by atoms with van der Waals surface area (Å²) in [7, 11) is 0. The van der Waals surface area contributed by atoms with Crippen molar-refractivity contribution in [3.05, 3.63) is 63.8 Å². The lowest BCUT2D eigenvalue weighted by atomic mass is 10.1. The lowest BCUT2D eigenvalue weighted by Gasteiger charge is -2.37. The van der Waals surface area contributed by atoms with E-state index in [0.29, 0.717) is 53.2 Å². The van der Waals surface area contributed by atoms with E-state index in [-0.39, 0.29) is 36.0 Å². The standard InChI is InChI=1S/C29H32Cl2N6O5/c1-17-37(24-21(30)6-5-7-22(24)31)26(39)20-15-32-27(34-25(20)41-17)33-19-8-9-23(18(14-19)16-38)35-10-12-36(13-11-35)28(40)42-29(2,3)4/h5-9,14-15,17,38H,10-13,16H2,1-4H3,(H,32,33,34). The SMILES string of the molecule is CC1Oc2nc(Nc3ccc(N4CCN(C(=O)OC(C)(C)C)CC4)c(CO)c3)ncc2C(=O)N1c1c(Cl)cccc1Cl. The summed E-state index contributed by atoms with van der Waals surface area (Å²) in [4.78, 5) is 39.7. The highest BCUT2D eigenvalue weighted by molar-refractivity contribution is 6.40. The summed E-state index contributed by atoms with van der Waals surface area (Å²) in [6.45, 7) is 9.29. The molecule has 2 aliphatic heterocycles. The zero-order valence-corrected chi connectivity index (χ0v) is 25.2. The first kappa shape index (κ1) is 29.7. The molecule has 1 fully saturated rings. The van der Waals surface area contributed by atoms with Gasteiger partial charge < -0.3 is 29.7 Å². The number of rotatable bonds is 5. The molecule has 1 atom stereocenters. The molecule has 0 spiro atoms. The Balaban J connectivity index is 1.29. The van der Waals surface area contributed by atoms with E-state index in [4.69, 9.17) is 32.7 Å². The van der Waals surface area contributed by atoms with Crippen molar-refractivity contribution in [1.29, 1.82) is 0 Å². The smallest absolute Gasteiger partial charge is 0.410 e. The third kappa shape index (κ3) is 6.18. The molecular weight excluding hydrogens is 583 g/mol. The molecule has 13 heteroatoms. The van der Waals surface area contributed by atoms with Crippen LogP contribution in [0, 0.1) is 0 Å². The van der Waals surface area contributed by atoms with Crippen LogP contribution in [0.15, 0.2) is 42.6 Å². The second-order valence-electron chi connectivity index (χ2n) is 11.0. The number of hydrogen-bond donors (Lipinski definition) is 2. The molecule has 42 heavy (non-hydrogen) atoms. The molecular formula is C29H32Cl2N6O5. The van der Waals surface area contributed by atoms with E-state index in [1.807, 2.05) is 39.0 Å². The molecule has 1 saturated heterocycles. The number of benzene rings is 2. The summed E-state index contributed by atoms with van der Waals surface area (Å²) in [5.74, 6) is -0.0316. The Morgan fingerprint density at radius 2 is 1.83 bits per heavy atom. The first-order chi connectivity index (χ1) is 19.9. The van der Waals surface area contributed by atoms with Gasteiger partial charge in [-0.3, -0.25) is 9.69 Å². The average molecular weight is 616 g/mol. The molecule has 222 valence electrons. The Labute approximate surface area is 253 Å². The zero-order valence-electron chi connectivity index (χ0n) is 23.7. The topological polar surface area (TPSA) is 120 Å². The molecule has 0 bridgehead atoms. The normalized spacial score (nSPS) is 17.1. The molecule has 2 amide bonds. The van der Waals surface area contributed by atoms with Crippen molar-refractivity contribution in [2.24, 2.45) is 0 Å². The van der Waals surface area contributed by atoms with E-state index in [1.54, 1.807) is 30.0 Å². The Kier molecular flexibility index (Phi) is 8.36. The summed E-state index contributed by atoms with van der Waals surface area (Å²) < 4.78 is 11.5. The van der Waals surface area contributed by atoms with E-state index in [9.17, 15) is 14.7 Å². The van der Waals surface area contributed by atoms with Gasteiger partial charge in [0.2, 0.25) is 11.8 Å². The van der Waals surface area contributed by atoms with Crippen LogP contribution in [0.1, 0.15) is 43.6 Å². The maximum atomic E-state index is 13.4. The highest BCUT2D eigenvalue weighted by atomic mass is 35.5. The number of fused-ring (bicyclic) bond motifs is 1. The van der Waals surface area contributed by atoms with Crippen LogP contribution in [0.4, 0.5) is 27.8 Å². The van der Waals surface area contributed by atoms with Gasteiger partial charge >= 0.3 is 6.09 Å². The molecule has 2 N–H and O–H groups in total. The molecule has 5 rings (SSSR count). The molecule has 0 radical (unpaired) electrons. The van der Waals surface area contributed by atoms with Gasteiger partial charge in [0.1, 0.15) is 11.2 Å². The second kappa shape index (κ2) is 11.8. The molecule has 0 aliphatic carbocycles. The van der Waals surface area contributed by atoms with Crippen LogP contribution in [0.5, 0.6) is 5.88 Å². The monoisotopic (exact) mass is 614 g/mol. The fourth-order valence-corrected chi connectivity index (χ4v) is 5.44. The van der Waals surface area contributed by atoms with E-state index in [1.165, 1.54) is 11.1 Å². The van der Waals surface area contributed by atoms with Gasteiger partial charge in [-0.2, -0.15) is 4.98 Å². The minimum absolute atomic E-state index is 0.131. The second-order valence-corrected chi connectivity index (χ2v) is 11.8. The number of anilines is 4. The fourth-order valence-electron chi connectivity index (χ4n) is 4.86. The van der Waals surface area contributed by atoms with Gasteiger partial charge in [-0.05, 0) is 58.0 Å². The van der Waals surface area contributed by atoms with Gasteiger partial charge in [0.25, 0.3) is 5.91 Å². The fraction of sp³-hybridized carbons (Fsp3) is 0.379. The molecule has 1 unspecified atom stereocenters.